The highest BCUT2D eigenvalue weighted by molar-refractivity contribution is 9.10. The predicted molar refractivity (Wildman–Crippen MR) is 125 cm³/mol. The zero-order chi connectivity index (χ0) is 24.1. The number of benzene rings is 1. The Bertz CT molecular complexity index is 1020. The number of hydrogen-bond donors (Lipinski definition) is 2. The van der Waals surface area contributed by atoms with Crippen LogP contribution in [0.5, 0.6) is 17.4 Å². The number of carbonyl (C=O) groups excluding carboxylic acids is 1. The summed E-state index contributed by atoms with van der Waals surface area (Å²) in [6.45, 7) is 6.04. The highest BCUT2D eigenvalue weighted by atomic mass is 79.9. The van der Waals surface area contributed by atoms with Crippen LogP contribution in [0, 0.1) is 6.92 Å². The molecule has 0 spiro atoms. The minimum absolute atomic E-state index is 0.298. The summed E-state index contributed by atoms with van der Waals surface area (Å²) in [7, 11) is 1.84. The van der Waals surface area contributed by atoms with E-state index in [4.69, 9.17) is 19.3 Å². The average molecular weight is 524 g/mol. The van der Waals surface area contributed by atoms with Gasteiger partial charge in [-0.25, -0.2) is 14.3 Å². The first-order chi connectivity index (χ1) is 15.7. The topological polar surface area (TPSA) is 112 Å². The highest BCUT2D eigenvalue weighted by Gasteiger charge is 2.32. The standard InChI is InChI=1S/C23H30BrN3O6/c1-5-25-23(30)31-10-6-7-16-20(15-8-9-15)26-27(4)21(16)33-18-12-19(17(24)11-13(18)2)32-14(3)22(28)29/h11-12,14-15H,5-10H2,1-4H3,(H,25,30)(H,28,29)/t14-/m0/s1. The maximum atomic E-state index is 11.5. The molecule has 0 unspecified atom stereocenters. The van der Waals surface area contributed by atoms with Gasteiger partial charge in [-0.15, -0.1) is 0 Å². The second-order valence-corrected chi connectivity index (χ2v) is 8.94. The minimum atomic E-state index is -1.05. The quantitative estimate of drug-likeness (QED) is 0.410. The third kappa shape index (κ3) is 6.40. The monoisotopic (exact) mass is 523 g/mol. The summed E-state index contributed by atoms with van der Waals surface area (Å²) < 4.78 is 19.5. The molecule has 1 fully saturated rings. The van der Waals surface area contributed by atoms with Crippen molar-refractivity contribution in [3.05, 3.63) is 33.4 Å². The molecule has 2 N–H and O–H groups in total. The van der Waals surface area contributed by atoms with Crippen molar-refractivity contribution in [2.45, 2.75) is 58.5 Å². The van der Waals surface area contributed by atoms with Gasteiger partial charge in [0.15, 0.2) is 6.10 Å². The minimum Gasteiger partial charge on any atom is -0.479 e. The number of halogens is 1. The molecule has 33 heavy (non-hydrogen) atoms. The van der Waals surface area contributed by atoms with E-state index >= 15 is 0 Å². The van der Waals surface area contributed by atoms with Crippen LogP contribution in [0.3, 0.4) is 0 Å². The second kappa shape index (κ2) is 10.9. The molecule has 1 heterocycles. The molecule has 9 nitrogen and oxygen atoms in total. The summed E-state index contributed by atoms with van der Waals surface area (Å²) >= 11 is 3.43. The summed E-state index contributed by atoms with van der Waals surface area (Å²) in [5, 5.41) is 16.5. The number of amides is 1. The van der Waals surface area contributed by atoms with Crippen LogP contribution in [-0.4, -0.2) is 46.2 Å². The first-order valence-electron chi connectivity index (χ1n) is 11.0. The molecular formula is C23H30BrN3O6. The third-order valence-corrected chi connectivity index (χ3v) is 5.92. The Balaban J connectivity index is 1.81. The van der Waals surface area contributed by atoms with Crippen molar-refractivity contribution >= 4 is 28.0 Å². The van der Waals surface area contributed by atoms with Gasteiger partial charge in [0.25, 0.3) is 0 Å². The van der Waals surface area contributed by atoms with E-state index in [2.05, 4.69) is 21.2 Å². The number of carboxylic acid groups (broad SMARTS) is 1. The van der Waals surface area contributed by atoms with E-state index in [1.807, 2.05) is 27.0 Å². The van der Waals surface area contributed by atoms with Crippen molar-refractivity contribution < 1.29 is 28.9 Å². The van der Waals surface area contributed by atoms with Crippen molar-refractivity contribution in [3.8, 4) is 17.4 Å². The molecule has 0 bridgehead atoms. The van der Waals surface area contributed by atoms with Crippen LogP contribution in [0.15, 0.2) is 16.6 Å². The maximum Gasteiger partial charge on any atom is 0.407 e. The van der Waals surface area contributed by atoms with Crippen molar-refractivity contribution in [1.82, 2.24) is 15.1 Å². The molecule has 10 heteroatoms. The fourth-order valence-corrected chi connectivity index (χ4v) is 3.96. The largest absolute Gasteiger partial charge is 0.479 e. The summed E-state index contributed by atoms with van der Waals surface area (Å²) in [6.07, 6.45) is 2.07. The van der Waals surface area contributed by atoms with Crippen molar-refractivity contribution in [1.29, 1.82) is 0 Å². The van der Waals surface area contributed by atoms with E-state index in [0.29, 0.717) is 53.8 Å². The van der Waals surface area contributed by atoms with Crippen LogP contribution in [-0.2, 0) is 23.0 Å². The van der Waals surface area contributed by atoms with Crippen LogP contribution in [0.4, 0.5) is 4.79 Å². The molecule has 1 aromatic carbocycles. The maximum absolute atomic E-state index is 11.5. The average Bonchev–Trinajstić information content (AvgIpc) is 3.54. The number of nitrogens with zero attached hydrogens (tertiary/aromatic N) is 2. The van der Waals surface area contributed by atoms with E-state index < -0.39 is 18.2 Å². The molecule has 1 amide bonds. The number of aliphatic carboxylic acids is 1. The Kier molecular flexibility index (Phi) is 8.23. The molecule has 0 radical (unpaired) electrons. The predicted octanol–water partition coefficient (Wildman–Crippen LogP) is 4.69. The Morgan fingerprint density at radius 2 is 2.06 bits per heavy atom. The van der Waals surface area contributed by atoms with Crippen LogP contribution in [0.2, 0.25) is 0 Å². The lowest BCUT2D eigenvalue weighted by atomic mass is 10.1. The van der Waals surface area contributed by atoms with Gasteiger partial charge >= 0.3 is 12.1 Å². The number of ether oxygens (including phenoxy) is 3. The van der Waals surface area contributed by atoms with Crippen LogP contribution in [0.25, 0.3) is 0 Å². The van der Waals surface area contributed by atoms with Gasteiger partial charge in [0.05, 0.1) is 16.8 Å². The van der Waals surface area contributed by atoms with Gasteiger partial charge in [0, 0.05) is 31.1 Å². The molecule has 0 saturated heterocycles. The van der Waals surface area contributed by atoms with E-state index in [1.54, 1.807) is 10.7 Å². The van der Waals surface area contributed by atoms with E-state index in [9.17, 15) is 14.7 Å². The molecule has 1 aromatic heterocycles. The lowest BCUT2D eigenvalue weighted by Gasteiger charge is -2.16. The summed E-state index contributed by atoms with van der Waals surface area (Å²) in [5.41, 5.74) is 2.89. The fourth-order valence-electron chi connectivity index (χ4n) is 3.41. The number of carbonyl (C=O) groups is 2. The van der Waals surface area contributed by atoms with Gasteiger partial charge < -0.3 is 24.6 Å². The van der Waals surface area contributed by atoms with Crippen molar-refractivity contribution in [3.63, 3.8) is 0 Å². The second-order valence-electron chi connectivity index (χ2n) is 8.09. The van der Waals surface area contributed by atoms with Crippen molar-refractivity contribution in [2.24, 2.45) is 7.05 Å². The van der Waals surface area contributed by atoms with Gasteiger partial charge in [0.1, 0.15) is 11.5 Å². The van der Waals surface area contributed by atoms with Gasteiger partial charge in [-0.3, -0.25) is 0 Å². The number of aryl methyl sites for hydroxylation is 2. The Hall–Kier alpha value is -2.75. The molecule has 0 aliphatic heterocycles. The molecule has 1 aliphatic rings. The number of alkyl carbamates (subject to hydrolysis) is 1. The first-order valence-corrected chi connectivity index (χ1v) is 11.8. The van der Waals surface area contributed by atoms with Gasteiger partial charge in [0.2, 0.25) is 5.88 Å². The van der Waals surface area contributed by atoms with E-state index in [0.717, 1.165) is 29.7 Å². The van der Waals surface area contributed by atoms with Crippen LogP contribution >= 0.6 is 15.9 Å². The molecular weight excluding hydrogens is 494 g/mol. The zero-order valence-corrected chi connectivity index (χ0v) is 20.9. The molecule has 1 saturated carbocycles. The highest BCUT2D eigenvalue weighted by Crippen LogP contribution is 2.45. The molecule has 1 aliphatic carbocycles. The van der Waals surface area contributed by atoms with Crippen LogP contribution in [0.1, 0.15) is 55.8 Å². The molecule has 3 rings (SSSR count). The first kappa shape index (κ1) is 24.9. The zero-order valence-electron chi connectivity index (χ0n) is 19.3. The van der Waals surface area contributed by atoms with Crippen LogP contribution < -0.4 is 14.8 Å². The molecule has 2 aromatic rings. The van der Waals surface area contributed by atoms with Gasteiger partial charge in [-0.05, 0) is 74.0 Å². The Labute approximate surface area is 201 Å². The molecule has 180 valence electrons. The Morgan fingerprint density at radius 1 is 1.33 bits per heavy atom. The lowest BCUT2D eigenvalue weighted by molar-refractivity contribution is -0.144. The fraction of sp³-hybridized carbons (Fsp3) is 0.522. The number of carboxylic acids is 1. The lowest BCUT2D eigenvalue weighted by Crippen LogP contribution is -2.24. The Morgan fingerprint density at radius 3 is 2.70 bits per heavy atom. The van der Waals surface area contributed by atoms with Crippen molar-refractivity contribution in [2.75, 3.05) is 13.2 Å². The number of aromatic nitrogens is 2. The summed E-state index contributed by atoms with van der Waals surface area (Å²) in [4.78, 5) is 22.7. The number of rotatable bonds is 11. The number of hydrogen-bond acceptors (Lipinski definition) is 6. The van der Waals surface area contributed by atoms with E-state index in [1.165, 1.54) is 6.92 Å². The summed E-state index contributed by atoms with van der Waals surface area (Å²) in [6, 6.07) is 3.52. The third-order valence-electron chi connectivity index (χ3n) is 5.30. The van der Waals surface area contributed by atoms with Gasteiger partial charge in [-0.1, -0.05) is 0 Å². The van der Waals surface area contributed by atoms with E-state index in [-0.39, 0.29) is 0 Å². The SMILES string of the molecule is CCNC(=O)OCCCc1c(C2CC2)nn(C)c1Oc1cc(O[C@@H](C)C(=O)O)c(Br)cc1C. The smallest absolute Gasteiger partial charge is 0.407 e. The van der Waals surface area contributed by atoms with Gasteiger partial charge in [-0.2, -0.15) is 5.10 Å². The summed E-state index contributed by atoms with van der Waals surface area (Å²) in [5.74, 6) is 0.928. The number of nitrogens with one attached hydrogen (secondary N) is 1. The normalized spacial score (nSPS) is 14.0. The molecule has 1 atom stereocenters.